The summed E-state index contributed by atoms with van der Waals surface area (Å²) < 4.78 is 26.3. The summed E-state index contributed by atoms with van der Waals surface area (Å²) in [7, 11) is -2.80. The van der Waals surface area contributed by atoms with Gasteiger partial charge in [-0.25, -0.2) is 0 Å². The molecule has 1 fully saturated rings. The van der Waals surface area contributed by atoms with Crippen LogP contribution in [-0.2, 0) is 27.9 Å². The zero-order chi connectivity index (χ0) is 35.1. The second-order valence-corrected chi connectivity index (χ2v) is 26.2. The lowest BCUT2D eigenvalue weighted by Gasteiger charge is -2.47. The summed E-state index contributed by atoms with van der Waals surface area (Å²) in [6.45, 7) is 28.7. The third kappa shape index (κ3) is 12.4. The number of hydrogen-bond acceptors (Lipinski definition) is 6. The van der Waals surface area contributed by atoms with E-state index in [1.54, 1.807) is 7.11 Å². The van der Waals surface area contributed by atoms with Crippen molar-refractivity contribution >= 4 is 28.4 Å². The molecule has 2 aliphatic rings. The maximum absolute atomic E-state index is 13.6. The van der Waals surface area contributed by atoms with Crippen LogP contribution in [0.1, 0.15) is 94.4 Å². The number of rotatable bonds is 7. The van der Waals surface area contributed by atoms with Gasteiger partial charge in [-0.2, -0.15) is 0 Å². The predicted molar refractivity (Wildman–Crippen MR) is 195 cm³/mol. The Morgan fingerprint density at radius 2 is 1.48 bits per heavy atom. The Bertz CT molecular complexity index is 1190. The topological polar surface area (TPSA) is 71.1 Å². The SMILES string of the molecule is CO[C@@H]1/C=C(\C)C[C@H](/C=C/C=C/C#CC2CC2)OC(=O)CC(=O)C[C@H](O[Si](C)(C)C(C)(C)C)[C@@H](C)[C@@H](O[Si](C)(C)C(C)(C)C)[C@@H]1C. The Morgan fingerprint density at radius 1 is 0.891 bits per heavy atom. The van der Waals surface area contributed by atoms with E-state index in [9.17, 15) is 9.59 Å². The van der Waals surface area contributed by atoms with Gasteiger partial charge in [-0.15, -0.1) is 0 Å². The van der Waals surface area contributed by atoms with Gasteiger partial charge in [-0.1, -0.05) is 91.0 Å². The molecule has 260 valence electrons. The van der Waals surface area contributed by atoms with E-state index >= 15 is 0 Å². The third-order valence-electron chi connectivity index (χ3n) is 10.4. The minimum atomic E-state index is -2.29. The first kappa shape index (κ1) is 40.4. The zero-order valence-electron chi connectivity index (χ0n) is 31.4. The zero-order valence-corrected chi connectivity index (χ0v) is 33.4. The molecule has 1 heterocycles. The van der Waals surface area contributed by atoms with Gasteiger partial charge in [-0.05, 0) is 68.2 Å². The molecule has 8 heteroatoms. The molecular weight excluding hydrogens is 609 g/mol. The molecule has 6 nitrogen and oxygen atoms in total. The maximum Gasteiger partial charge on any atom is 0.313 e. The smallest absolute Gasteiger partial charge is 0.313 e. The molecule has 46 heavy (non-hydrogen) atoms. The first-order valence-electron chi connectivity index (χ1n) is 17.2. The maximum atomic E-state index is 13.6. The van der Waals surface area contributed by atoms with Gasteiger partial charge in [0.05, 0.1) is 18.3 Å². The Kier molecular flexibility index (Phi) is 14.5. The lowest BCUT2D eigenvalue weighted by Crippen LogP contribution is -2.53. The van der Waals surface area contributed by atoms with Crippen molar-refractivity contribution < 1.29 is 27.9 Å². The number of cyclic esters (lactones) is 1. The van der Waals surface area contributed by atoms with E-state index in [1.165, 1.54) is 12.8 Å². The normalized spacial score (nSPS) is 29.6. The van der Waals surface area contributed by atoms with E-state index in [1.807, 2.05) is 31.2 Å². The molecule has 1 aliphatic heterocycles. The molecule has 0 radical (unpaired) electrons. The Hall–Kier alpha value is -1.77. The van der Waals surface area contributed by atoms with Gasteiger partial charge in [0.2, 0.25) is 0 Å². The summed E-state index contributed by atoms with van der Waals surface area (Å²) in [6, 6.07) is 0. The summed E-state index contributed by atoms with van der Waals surface area (Å²) in [4.78, 5) is 26.7. The lowest BCUT2D eigenvalue weighted by atomic mass is 9.83. The van der Waals surface area contributed by atoms with Crippen LogP contribution in [0, 0.1) is 29.6 Å². The molecule has 0 spiro atoms. The molecular formula is C38H64O6Si2. The summed E-state index contributed by atoms with van der Waals surface area (Å²) in [5, 5.41) is -0.0612. The van der Waals surface area contributed by atoms with Crippen LogP contribution in [0.5, 0.6) is 0 Å². The summed E-state index contributed by atoms with van der Waals surface area (Å²) in [5.74, 6) is 5.97. The first-order chi connectivity index (χ1) is 21.1. The van der Waals surface area contributed by atoms with Crippen LogP contribution in [0.25, 0.3) is 0 Å². The third-order valence-corrected chi connectivity index (χ3v) is 19.4. The fourth-order valence-corrected chi connectivity index (χ4v) is 7.97. The quantitative estimate of drug-likeness (QED) is 0.0671. The van der Waals surface area contributed by atoms with Crippen molar-refractivity contribution in [2.45, 2.75) is 155 Å². The van der Waals surface area contributed by atoms with Crippen molar-refractivity contribution in [1.29, 1.82) is 0 Å². The highest BCUT2D eigenvalue weighted by Crippen LogP contribution is 2.43. The highest BCUT2D eigenvalue weighted by atomic mass is 28.4. The summed E-state index contributed by atoms with van der Waals surface area (Å²) in [5.41, 5.74) is 1.04. The number of ketones is 1. The van der Waals surface area contributed by atoms with Gasteiger partial charge in [0, 0.05) is 37.7 Å². The number of carbonyl (C=O) groups excluding carboxylic acids is 2. The van der Waals surface area contributed by atoms with Crippen LogP contribution in [0.15, 0.2) is 36.0 Å². The summed E-state index contributed by atoms with van der Waals surface area (Å²) in [6.07, 6.45) is 10.8. The Morgan fingerprint density at radius 3 is 2.02 bits per heavy atom. The number of carbonyl (C=O) groups is 2. The van der Waals surface area contributed by atoms with Crippen molar-refractivity contribution in [2.75, 3.05) is 7.11 Å². The fourth-order valence-electron chi connectivity index (χ4n) is 5.10. The number of allylic oxidation sites excluding steroid dienone is 3. The molecule has 0 amide bonds. The first-order valence-corrected chi connectivity index (χ1v) is 23.0. The van der Waals surface area contributed by atoms with Crippen LogP contribution < -0.4 is 0 Å². The molecule has 1 aliphatic carbocycles. The monoisotopic (exact) mass is 672 g/mol. The molecule has 0 aromatic heterocycles. The average molecular weight is 673 g/mol. The van der Waals surface area contributed by atoms with Gasteiger partial charge < -0.3 is 18.3 Å². The van der Waals surface area contributed by atoms with Gasteiger partial charge in [0.15, 0.2) is 16.6 Å². The van der Waals surface area contributed by atoms with Gasteiger partial charge in [-0.3, -0.25) is 9.59 Å². The fraction of sp³-hybridized carbons (Fsp3) is 0.737. The number of methoxy groups -OCH3 is 1. The van der Waals surface area contributed by atoms with Crippen molar-refractivity contribution in [2.24, 2.45) is 17.8 Å². The van der Waals surface area contributed by atoms with Crippen molar-refractivity contribution in [3.05, 3.63) is 36.0 Å². The van der Waals surface area contributed by atoms with E-state index in [-0.39, 0.29) is 52.7 Å². The highest BCUT2D eigenvalue weighted by Gasteiger charge is 2.47. The van der Waals surface area contributed by atoms with Crippen LogP contribution >= 0.6 is 0 Å². The molecule has 0 unspecified atom stereocenters. The minimum Gasteiger partial charge on any atom is -0.457 e. The van der Waals surface area contributed by atoms with Crippen LogP contribution in [-0.4, -0.2) is 59.9 Å². The Labute approximate surface area is 283 Å². The number of Topliss-reactive ketones (excluding diaryl/α,β-unsaturated/α-hetero) is 1. The molecule has 0 saturated heterocycles. The molecule has 0 aromatic rings. The molecule has 1 saturated carbocycles. The molecule has 0 bridgehead atoms. The van der Waals surface area contributed by atoms with Gasteiger partial charge in [0.25, 0.3) is 0 Å². The van der Waals surface area contributed by atoms with Gasteiger partial charge in [0.1, 0.15) is 18.3 Å². The molecule has 0 N–H and O–H groups in total. The summed E-state index contributed by atoms with van der Waals surface area (Å²) >= 11 is 0. The number of hydrogen-bond donors (Lipinski definition) is 0. The van der Waals surface area contributed by atoms with Gasteiger partial charge >= 0.3 is 5.97 Å². The number of esters is 1. The molecule has 0 aromatic carbocycles. The van der Waals surface area contributed by atoms with E-state index < -0.39 is 34.8 Å². The minimum absolute atomic E-state index is 0.00725. The van der Waals surface area contributed by atoms with E-state index in [4.69, 9.17) is 18.3 Å². The van der Waals surface area contributed by atoms with Crippen molar-refractivity contribution in [1.82, 2.24) is 0 Å². The Balaban J connectivity index is 2.57. The largest absolute Gasteiger partial charge is 0.457 e. The van der Waals surface area contributed by atoms with E-state index in [2.05, 4.69) is 99.5 Å². The second-order valence-electron chi connectivity index (χ2n) is 16.6. The van der Waals surface area contributed by atoms with E-state index in [0.29, 0.717) is 12.3 Å². The average Bonchev–Trinajstić information content (AvgIpc) is 3.73. The van der Waals surface area contributed by atoms with Crippen molar-refractivity contribution in [3.8, 4) is 11.8 Å². The molecule has 6 atom stereocenters. The second kappa shape index (κ2) is 16.6. The van der Waals surface area contributed by atoms with Crippen LogP contribution in [0.2, 0.25) is 36.3 Å². The lowest BCUT2D eigenvalue weighted by molar-refractivity contribution is -0.149. The van der Waals surface area contributed by atoms with E-state index in [0.717, 1.165) is 5.57 Å². The number of ether oxygens (including phenoxy) is 2. The standard InChI is InChI=1S/C38H64O6Si2/c1-27-23-32(20-18-16-15-17-19-30-21-22-30)42-35(40)26-31(39)25-34(43-45(11,12)37(4,5)6)29(3)36(28(2)33(24-27)41-10)44-46(13,14)38(7,8)9/h15-16,18,20,24,28-30,32-34,36H,21-23,25-26H2,1-14H3/b16-15+,20-18+,27-24+/t28-,29-,32+,33-,34+,36+/m1/s1. The molecule has 2 rings (SSSR count). The van der Waals surface area contributed by atoms with Crippen molar-refractivity contribution in [3.63, 3.8) is 0 Å². The van der Waals surface area contributed by atoms with Crippen LogP contribution in [0.4, 0.5) is 0 Å². The highest BCUT2D eigenvalue weighted by molar-refractivity contribution is 6.74. The predicted octanol–water partition coefficient (Wildman–Crippen LogP) is 9.19. The van der Waals surface area contributed by atoms with Crippen LogP contribution in [0.3, 0.4) is 0 Å².